The predicted molar refractivity (Wildman–Crippen MR) is 157 cm³/mol. The van der Waals surface area contributed by atoms with Crippen LogP contribution in [0.5, 0.6) is 5.75 Å². The minimum Gasteiger partial charge on any atom is -0.497 e. The second-order valence-corrected chi connectivity index (χ2v) is 19.2. The van der Waals surface area contributed by atoms with Crippen LogP contribution in [0.4, 0.5) is 10.5 Å². The van der Waals surface area contributed by atoms with Crippen molar-refractivity contribution >= 4 is 48.2 Å². The zero-order chi connectivity index (χ0) is 29.7. The number of hydrogen-bond donors (Lipinski definition) is 3. The number of carbonyl (C=O) groups excluding carboxylic acids is 2. The van der Waals surface area contributed by atoms with E-state index in [2.05, 4.69) is 25.0 Å². The first-order valence-corrected chi connectivity index (χ1v) is 18.5. The van der Waals surface area contributed by atoms with Crippen LogP contribution in [0.2, 0.25) is 25.7 Å². The van der Waals surface area contributed by atoms with E-state index < -0.39 is 36.4 Å². The van der Waals surface area contributed by atoms with Gasteiger partial charge in [0.15, 0.2) is 9.84 Å². The molecule has 0 unspecified atom stereocenters. The molecule has 0 aromatic heterocycles. The standard InChI is InChI=1S/C27H39BN2O8SSi/c1-30(27(32)38-12-13-40(3,4)5)18-20-16-22(7-10-25(20)39(35,36)24-8-9-24)29-26(31)11-6-19-14-21(28(33)34)17-23(15-19)37-2/h7,10,14-17,24,33-34H,6,8-9,11-13,18H2,1-5H3,(H,29,31). The van der Waals surface area contributed by atoms with Gasteiger partial charge in [-0.2, -0.15) is 0 Å². The van der Waals surface area contributed by atoms with Crippen LogP contribution in [0, 0.1) is 0 Å². The Bertz CT molecular complexity index is 1330. The Kier molecular flexibility index (Phi) is 10.4. The Hall–Kier alpha value is -2.87. The molecular weight excluding hydrogens is 551 g/mol. The number of hydrogen-bond acceptors (Lipinski definition) is 8. The molecule has 0 atom stereocenters. The molecule has 2 aromatic rings. The van der Waals surface area contributed by atoms with Crippen LogP contribution in [0.25, 0.3) is 0 Å². The number of sulfone groups is 1. The topological polar surface area (TPSA) is 142 Å². The zero-order valence-electron chi connectivity index (χ0n) is 23.8. The summed E-state index contributed by atoms with van der Waals surface area (Å²) in [5, 5.41) is 21.4. The molecule has 2 amide bonds. The summed E-state index contributed by atoms with van der Waals surface area (Å²) in [6.07, 6.45) is 1.08. The Morgan fingerprint density at radius 1 is 1.12 bits per heavy atom. The fourth-order valence-electron chi connectivity index (χ4n) is 4.07. The van der Waals surface area contributed by atoms with Gasteiger partial charge in [-0.15, -0.1) is 0 Å². The number of anilines is 1. The lowest BCUT2D eigenvalue weighted by Gasteiger charge is -2.21. The first-order chi connectivity index (χ1) is 18.7. The number of amides is 2. The number of rotatable bonds is 13. The second-order valence-electron chi connectivity index (χ2n) is 11.4. The van der Waals surface area contributed by atoms with Gasteiger partial charge in [-0.1, -0.05) is 25.7 Å². The van der Waals surface area contributed by atoms with Crippen LogP contribution in [0.15, 0.2) is 41.3 Å². The fraction of sp³-hybridized carbons (Fsp3) is 0.481. The Labute approximate surface area is 237 Å². The fourth-order valence-corrected chi connectivity index (χ4v) is 6.65. The highest BCUT2D eigenvalue weighted by Crippen LogP contribution is 2.36. The summed E-state index contributed by atoms with van der Waals surface area (Å²) >= 11 is 0. The quantitative estimate of drug-likeness (QED) is 0.303. The number of ether oxygens (including phenoxy) is 2. The van der Waals surface area contributed by atoms with E-state index in [4.69, 9.17) is 9.47 Å². The molecule has 0 heterocycles. The number of benzene rings is 2. The molecule has 1 fully saturated rings. The molecule has 1 aliphatic carbocycles. The van der Waals surface area contributed by atoms with Gasteiger partial charge in [0.25, 0.3) is 0 Å². The molecule has 0 radical (unpaired) electrons. The van der Waals surface area contributed by atoms with Crippen LogP contribution in [-0.4, -0.2) is 76.6 Å². The van der Waals surface area contributed by atoms with Gasteiger partial charge in [-0.25, -0.2) is 13.2 Å². The van der Waals surface area contributed by atoms with Crippen molar-refractivity contribution < 1.29 is 37.5 Å². The molecule has 3 rings (SSSR count). The number of nitrogens with zero attached hydrogens (tertiary/aromatic N) is 1. The summed E-state index contributed by atoms with van der Waals surface area (Å²) < 4.78 is 36.8. The molecule has 0 aliphatic heterocycles. The Morgan fingerprint density at radius 2 is 1.82 bits per heavy atom. The van der Waals surface area contributed by atoms with Crippen molar-refractivity contribution in [1.82, 2.24) is 4.90 Å². The summed E-state index contributed by atoms with van der Waals surface area (Å²) in [6, 6.07) is 10.3. The molecule has 1 saturated carbocycles. The number of nitrogens with one attached hydrogen (secondary N) is 1. The number of carbonyl (C=O) groups is 2. The monoisotopic (exact) mass is 590 g/mol. The molecule has 40 heavy (non-hydrogen) atoms. The van der Waals surface area contributed by atoms with Gasteiger partial charge in [0, 0.05) is 27.2 Å². The van der Waals surface area contributed by atoms with Crippen LogP contribution in [0.1, 0.15) is 30.4 Å². The average molecular weight is 591 g/mol. The van der Waals surface area contributed by atoms with Crippen LogP contribution in [0.3, 0.4) is 0 Å². The Balaban J connectivity index is 1.72. The minimum absolute atomic E-state index is 0.00679. The SMILES string of the molecule is COc1cc(CCC(=O)Nc2ccc(S(=O)(=O)C3CC3)c(CN(C)C(=O)OCC[Si](C)(C)C)c2)cc(B(O)O)c1. The summed E-state index contributed by atoms with van der Waals surface area (Å²) in [7, 11) is -3.57. The van der Waals surface area contributed by atoms with Crippen LogP contribution >= 0.6 is 0 Å². The van der Waals surface area contributed by atoms with E-state index in [9.17, 15) is 28.1 Å². The van der Waals surface area contributed by atoms with Crippen molar-refractivity contribution in [2.24, 2.45) is 0 Å². The highest BCUT2D eigenvalue weighted by molar-refractivity contribution is 7.92. The van der Waals surface area contributed by atoms with Gasteiger partial charge in [-0.05, 0) is 72.2 Å². The summed E-state index contributed by atoms with van der Waals surface area (Å²) in [5.74, 6) is 0.137. The van der Waals surface area contributed by atoms with Crippen molar-refractivity contribution in [3.05, 3.63) is 47.5 Å². The van der Waals surface area contributed by atoms with Crippen molar-refractivity contribution in [1.29, 1.82) is 0 Å². The first kappa shape index (κ1) is 31.7. The Morgan fingerprint density at radius 3 is 2.42 bits per heavy atom. The molecule has 1 aliphatic rings. The maximum absolute atomic E-state index is 13.1. The third-order valence-corrected chi connectivity index (χ3v) is 10.6. The second kappa shape index (κ2) is 13.2. The van der Waals surface area contributed by atoms with Gasteiger partial charge in [0.1, 0.15) is 5.75 Å². The molecule has 10 nitrogen and oxygen atoms in total. The third-order valence-electron chi connectivity index (χ3n) is 6.57. The van der Waals surface area contributed by atoms with Gasteiger partial charge in [-0.3, -0.25) is 4.79 Å². The predicted octanol–water partition coefficient (Wildman–Crippen LogP) is 2.79. The van der Waals surface area contributed by atoms with Crippen molar-refractivity contribution in [2.45, 2.75) is 68.1 Å². The summed E-state index contributed by atoms with van der Waals surface area (Å²) in [6.45, 7) is 6.88. The molecular formula is C27H39BN2O8SSi. The zero-order valence-corrected chi connectivity index (χ0v) is 25.6. The third kappa shape index (κ3) is 9.08. The lowest BCUT2D eigenvalue weighted by molar-refractivity contribution is -0.116. The van der Waals surface area contributed by atoms with E-state index >= 15 is 0 Å². The molecule has 0 spiro atoms. The molecule has 3 N–H and O–H groups in total. The van der Waals surface area contributed by atoms with E-state index in [1.165, 1.54) is 24.1 Å². The highest BCUT2D eigenvalue weighted by Gasteiger charge is 2.38. The van der Waals surface area contributed by atoms with E-state index in [0.29, 0.717) is 48.4 Å². The maximum Gasteiger partial charge on any atom is 0.488 e. The van der Waals surface area contributed by atoms with Crippen LogP contribution < -0.4 is 15.5 Å². The van der Waals surface area contributed by atoms with E-state index in [-0.39, 0.29) is 29.2 Å². The lowest BCUT2D eigenvalue weighted by atomic mass is 9.79. The molecule has 218 valence electrons. The summed E-state index contributed by atoms with van der Waals surface area (Å²) in [4.78, 5) is 26.8. The lowest BCUT2D eigenvalue weighted by Crippen LogP contribution is -2.30. The molecule has 0 saturated heterocycles. The summed E-state index contributed by atoms with van der Waals surface area (Å²) in [5.41, 5.74) is 1.77. The van der Waals surface area contributed by atoms with E-state index in [1.807, 2.05) is 0 Å². The smallest absolute Gasteiger partial charge is 0.488 e. The number of methoxy groups -OCH3 is 1. The average Bonchev–Trinajstić information content (AvgIpc) is 3.73. The molecule has 13 heteroatoms. The largest absolute Gasteiger partial charge is 0.497 e. The minimum atomic E-state index is -3.55. The van der Waals surface area contributed by atoms with Gasteiger partial charge < -0.3 is 29.7 Å². The van der Waals surface area contributed by atoms with Crippen molar-refractivity contribution in [3.63, 3.8) is 0 Å². The van der Waals surface area contributed by atoms with Gasteiger partial charge in [0.2, 0.25) is 5.91 Å². The van der Waals surface area contributed by atoms with Gasteiger partial charge >= 0.3 is 13.2 Å². The van der Waals surface area contributed by atoms with E-state index in [0.717, 1.165) is 6.04 Å². The maximum atomic E-state index is 13.1. The van der Waals surface area contributed by atoms with Crippen LogP contribution in [-0.2, 0) is 32.3 Å². The van der Waals surface area contributed by atoms with E-state index in [1.54, 1.807) is 31.3 Å². The van der Waals surface area contributed by atoms with Gasteiger partial charge in [0.05, 0.1) is 30.4 Å². The number of aryl methyl sites for hydroxylation is 1. The molecule has 0 bridgehead atoms. The van der Waals surface area contributed by atoms with Crippen molar-refractivity contribution in [3.8, 4) is 5.75 Å². The highest BCUT2D eigenvalue weighted by atomic mass is 32.2. The van der Waals surface area contributed by atoms with Crippen molar-refractivity contribution in [2.75, 3.05) is 26.1 Å². The normalized spacial score (nSPS) is 13.5. The molecule has 2 aromatic carbocycles. The first-order valence-electron chi connectivity index (χ1n) is 13.3.